The van der Waals surface area contributed by atoms with E-state index in [0.717, 1.165) is 17.7 Å². The van der Waals surface area contributed by atoms with Crippen molar-refractivity contribution in [2.24, 2.45) is 0 Å². The fourth-order valence-corrected chi connectivity index (χ4v) is 2.47. The van der Waals surface area contributed by atoms with Gasteiger partial charge in [-0.2, -0.15) is 0 Å². The summed E-state index contributed by atoms with van der Waals surface area (Å²) >= 11 is 1.59. The van der Waals surface area contributed by atoms with Gasteiger partial charge in [0.15, 0.2) is 0 Å². The molecule has 0 heterocycles. The summed E-state index contributed by atoms with van der Waals surface area (Å²) in [6.07, 6.45) is 2.22. The summed E-state index contributed by atoms with van der Waals surface area (Å²) < 4.78 is 0. The number of carboxylic acids is 1. The number of aryl methyl sites for hydroxylation is 1. The first kappa shape index (κ1) is 12.5. The third-order valence-corrected chi connectivity index (χ3v) is 3.86. The first-order chi connectivity index (χ1) is 8.15. The molecule has 92 valence electrons. The second-order valence-electron chi connectivity index (χ2n) is 4.46. The molecule has 4 heteroatoms. The molecule has 1 aliphatic rings. The highest BCUT2D eigenvalue weighted by atomic mass is 32.2. The van der Waals surface area contributed by atoms with E-state index in [2.05, 4.69) is 5.32 Å². The van der Waals surface area contributed by atoms with Crippen molar-refractivity contribution in [3.63, 3.8) is 0 Å². The van der Waals surface area contributed by atoms with Crippen LogP contribution >= 0.6 is 11.8 Å². The monoisotopic (exact) mass is 251 g/mol. The highest BCUT2D eigenvalue weighted by molar-refractivity contribution is 7.99. The van der Waals surface area contributed by atoms with Gasteiger partial charge >= 0.3 is 5.97 Å². The minimum absolute atomic E-state index is 0.426. The largest absolute Gasteiger partial charge is 0.480 e. The van der Waals surface area contributed by atoms with Crippen molar-refractivity contribution < 1.29 is 9.90 Å². The molecule has 2 N–H and O–H groups in total. The molecule has 0 aromatic heterocycles. The SMILES string of the molecule is Cc1ccc(SCC(NC2CC2)C(=O)O)cc1. The van der Waals surface area contributed by atoms with Crippen LogP contribution in [0.3, 0.4) is 0 Å². The van der Waals surface area contributed by atoms with Crippen molar-refractivity contribution in [3.05, 3.63) is 29.8 Å². The maximum atomic E-state index is 11.1. The van der Waals surface area contributed by atoms with Gasteiger partial charge in [0, 0.05) is 16.7 Å². The van der Waals surface area contributed by atoms with E-state index in [9.17, 15) is 4.79 Å². The Hall–Kier alpha value is -1.00. The third-order valence-electron chi connectivity index (χ3n) is 2.75. The molecule has 1 aromatic carbocycles. The zero-order valence-corrected chi connectivity index (χ0v) is 10.7. The predicted octanol–water partition coefficient (Wildman–Crippen LogP) is 2.29. The van der Waals surface area contributed by atoms with Crippen molar-refractivity contribution >= 4 is 17.7 Å². The first-order valence-corrected chi connectivity index (χ1v) is 6.82. The second-order valence-corrected chi connectivity index (χ2v) is 5.55. The first-order valence-electron chi connectivity index (χ1n) is 5.83. The van der Waals surface area contributed by atoms with E-state index in [-0.39, 0.29) is 0 Å². The topological polar surface area (TPSA) is 49.3 Å². The summed E-state index contributed by atoms with van der Waals surface area (Å²) in [6, 6.07) is 8.16. The number of nitrogens with one attached hydrogen (secondary N) is 1. The van der Waals surface area contributed by atoms with Gasteiger partial charge in [0.1, 0.15) is 6.04 Å². The molecule has 0 radical (unpaired) electrons. The van der Waals surface area contributed by atoms with Gasteiger partial charge in [0.25, 0.3) is 0 Å². The van der Waals surface area contributed by atoms with E-state index in [1.807, 2.05) is 31.2 Å². The van der Waals surface area contributed by atoms with Crippen LogP contribution in [0.4, 0.5) is 0 Å². The van der Waals surface area contributed by atoms with E-state index in [0.29, 0.717) is 11.8 Å². The molecule has 0 bridgehead atoms. The van der Waals surface area contributed by atoms with Gasteiger partial charge in [-0.3, -0.25) is 4.79 Å². The number of aliphatic carboxylic acids is 1. The quantitative estimate of drug-likeness (QED) is 0.762. The molecule has 0 aliphatic heterocycles. The average molecular weight is 251 g/mol. The van der Waals surface area contributed by atoms with Crippen LogP contribution in [0.1, 0.15) is 18.4 Å². The molecule has 1 saturated carbocycles. The fraction of sp³-hybridized carbons (Fsp3) is 0.462. The number of carboxylic acid groups (broad SMARTS) is 1. The third kappa shape index (κ3) is 4.06. The average Bonchev–Trinajstić information content (AvgIpc) is 3.10. The molecule has 1 fully saturated rings. The van der Waals surface area contributed by atoms with Crippen LogP contribution in [0.25, 0.3) is 0 Å². The Bertz CT molecular complexity index is 387. The second kappa shape index (κ2) is 5.56. The predicted molar refractivity (Wildman–Crippen MR) is 69.5 cm³/mol. The summed E-state index contributed by atoms with van der Waals surface area (Å²) in [5.74, 6) is -0.175. The zero-order chi connectivity index (χ0) is 12.3. The van der Waals surface area contributed by atoms with E-state index < -0.39 is 12.0 Å². The lowest BCUT2D eigenvalue weighted by Gasteiger charge is -2.13. The molecule has 1 unspecified atom stereocenters. The zero-order valence-electron chi connectivity index (χ0n) is 9.85. The van der Waals surface area contributed by atoms with Crippen molar-refractivity contribution in [3.8, 4) is 0 Å². The minimum Gasteiger partial charge on any atom is -0.480 e. The fourth-order valence-electron chi connectivity index (χ4n) is 1.54. The Morgan fingerprint density at radius 3 is 2.65 bits per heavy atom. The Balaban J connectivity index is 1.85. The Labute approximate surface area is 106 Å². The van der Waals surface area contributed by atoms with Crippen molar-refractivity contribution in [1.29, 1.82) is 0 Å². The number of hydrogen-bond acceptors (Lipinski definition) is 3. The van der Waals surface area contributed by atoms with Crippen LogP contribution in [0.5, 0.6) is 0 Å². The number of hydrogen-bond donors (Lipinski definition) is 2. The number of carbonyl (C=O) groups is 1. The van der Waals surface area contributed by atoms with Gasteiger partial charge in [-0.1, -0.05) is 17.7 Å². The molecule has 1 aromatic rings. The van der Waals surface area contributed by atoms with E-state index >= 15 is 0 Å². The maximum Gasteiger partial charge on any atom is 0.321 e. The minimum atomic E-state index is -0.753. The number of benzene rings is 1. The highest BCUT2D eigenvalue weighted by Crippen LogP contribution is 2.23. The molecule has 0 saturated heterocycles. The maximum absolute atomic E-state index is 11.1. The van der Waals surface area contributed by atoms with Gasteiger partial charge < -0.3 is 10.4 Å². The summed E-state index contributed by atoms with van der Waals surface area (Å²) in [7, 11) is 0. The molecule has 17 heavy (non-hydrogen) atoms. The van der Waals surface area contributed by atoms with Crippen LogP contribution in [0, 0.1) is 6.92 Å². The van der Waals surface area contributed by atoms with E-state index in [1.54, 1.807) is 11.8 Å². The van der Waals surface area contributed by atoms with E-state index in [1.165, 1.54) is 5.56 Å². The summed E-state index contributed by atoms with van der Waals surface area (Å²) in [5.41, 5.74) is 1.22. The van der Waals surface area contributed by atoms with E-state index in [4.69, 9.17) is 5.11 Å². The van der Waals surface area contributed by atoms with Crippen LogP contribution in [0.15, 0.2) is 29.2 Å². The molecular weight excluding hydrogens is 234 g/mol. The lowest BCUT2D eigenvalue weighted by Crippen LogP contribution is -2.40. The Morgan fingerprint density at radius 2 is 2.12 bits per heavy atom. The molecule has 3 nitrogen and oxygen atoms in total. The van der Waals surface area contributed by atoms with Gasteiger partial charge in [-0.25, -0.2) is 0 Å². The molecule has 1 aliphatic carbocycles. The van der Waals surface area contributed by atoms with Crippen LogP contribution < -0.4 is 5.32 Å². The molecule has 2 rings (SSSR count). The molecular formula is C13H17NO2S. The number of rotatable bonds is 6. The molecule has 1 atom stereocenters. The molecule has 0 spiro atoms. The van der Waals surface area contributed by atoms with Crippen LogP contribution in [-0.4, -0.2) is 28.9 Å². The smallest absolute Gasteiger partial charge is 0.321 e. The highest BCUT2D eigenvalue weighted by Gasteiger charge is 2.28. The standard InChI is InChI=1S/C13H17NO2S/c1-9-2-6-11(7-3-9)17-8-12(13(15)16)14-10-4-5-10/h2-3,6-7,10,12,14H,4-5,8H2,1H3,(H,15,16). The van der Waals surface area contributed by atoms with Gasteiger partial charge in [0.2, 0.25) is 0 Å². The van der Waals surface area contributed by atoms with Gasteiger partial charge in [-0.05, 0) is 31.9 Å². The molecule has 0 amide bonds. The van der Waals surface area contributed by atoms with Crippen molar-refractivity contribution in [2.75, 3.05) is 5.75 Å². The van der Waals surface area contributed by atoms with Crippen molar-refractivity contribution in [2.45, 2.75) is 36.7 Å². The van der Waals surface area contributed by atoms with Crippen molar-refractivity contribution in [1.82, 2.24) is 5.32 Å². The summed E-state index contributed by atoms with van der Waals surface area (Å²) in [6.45, 7) is 2.04. The summed E-state index contributed by atoms with van der Waals surface area (Å²) in [4.78, 5) is 12.2. The van der Waals surface area contributed by atoms with Crippen LogP contribution in [-0.2, 0) is 4.79 Å². The number of thioether (sulfide) groups is 1. The van der Waals surface area contributed by atoms with Crippen LogP contribution in [0.2, 0.25) is 0 Å². The van der Waals surface area contributed by atoms with Gasteiger partial charge in [0.05, 0.1) is 0 Å². The summed E-state index contributed by atoms with van der Waals surface area (Å²) in [5, 5.41) is 12.2. The lowest BCUT2D eigenvalue weighted by atomic mass is 10.2. The Morgan fingerprint density at radius 1 is 1.47 bits per heavy atom. The Kier molecular flexibility index (Phi) is 4.07. The lowest BCUT2D eigenvalue weighted by molar-refractivity contribution is -0.138. The van der Waals surface area contributed by atoms with Gasteiger partial charge in [-0.15, -0.1) is 11.8 Å². The normalized spacial score (nSPS) is 16.8.